The van der Waals surface area contributed by atoms with Crippen LogP contribution in [0.4, 0.5) is 0 Å². The summed E-state index contributed by atoms with van der Waals surface area (Å²) in [5.74, 6) is 0.326. The van der Waals surface area contributed by atoms with Gasteiger partial charge in [0, 0.05) is 43.3 Å². The summed E-state index contributed by atoms with van der Waals surface area (Å²) < 4.78 is 7.73. The maximum atomic E-state index is 12.8. The number of rotatable bonds is 8. The molecule has 3 rings (SSSR count). The van der Waals surface area contributed by atoms with Gasteiger partial charge in [0.25, 0.3) is 11.8 Å². The Morgan fingerprint density at radius 3 is 2.30 bits per heavy atom. The summed E-state index contributed by atoms with van der Waals surface area (Å²) in [4.78, 5) is 26.2. The zero-order chi connectivity index (χ0) is 21.5. The van der Waals surface area contributed by atoms with Crippen LogP contribution in [0, 0.1) is 0 Å². The SMILES string of the molecule is CCC(NC(=O)c1ccc(-n2cccc2)cc1)c1ccccc1OCC(=O)N(C)C. The van der Waals surface area contributed by atoms with Crippen LogP contribution in [-0.2, 0) is 4.79 Å². The monoisotopic (exact) mass is 405 g/mol. The highest BCUT2D eigenvalue weighted by molar-refractivity contribution is 5.94. The van der Waals surface area contributed by atoms with Crippen LogP contribution in [0.3, 0.4) is 0 Å². The molecule has 2 aromatic carbocycles. The molecular formula is C24H27N3O3. The zero-order valence-electron chi connectivity index (χ0n) is 17.5. The van der Waals surface area contributed by atoms with Crippen LogP contribution in [0.1, 0.15) is 35.3 Å². The summed E-state index contributed by atoms with van der Waals surface area (Å²) in [7, 11) is 3.38. The summed E-state index contributed by atoms with van der Waals surface area (Å²) in [5, 5.41) is 3.08. The maximum Gasteiger partial charge on any atom is 0.259 e. The minimum atomic E-state index is -0.229. The molecule has 0 saturated carbocycles. The highest BCUT2D eigenvalue weighted by atomic mass is 16.5. The molecule has 1 N–H and O–H groups in total. The number of hydrogen-bond acceptors (Lipinski definition) is 3. The van der Waals surface area contributed by atoms with E-state index >= 15 is 0 Å². The van der Waals surface area contributed by atoms with E-state index in [0.29, 0.717) is 17.7 Å². The van der Waals surface area contributed by atoms with Crippen molar-refractivity contribution in [2.75, 3.05) is 20.7 Å². The second kappa shape index (κ2) is 9.78. The van der Waals surface area contributed by atoms with Gasteiger partial charge in [0.2, 0.25) is 0 Å². The molecule has 1 aromatic heterocycles. The van der Waals surface area contributed by atoms with Crippen LogP contribution in [0.5, 0.6) is 5.75 Å². The van der Waals surface area contributed by atoms with Gasteiger partial charge in [0.15, 0.2) is 6.61 Å². The molecule has 0 aliphatic heterocycles. The normalized spacial score (nSPS) is 11.6. The van der Waals surface area contributed by atoms with Gasteiger partial charge in [-0.1, -0.05) is 25.1 Å². The highest BCUT2D eigenvalue weighted by Crippen LogP contribution is 2.27. The van der Waals surface area contributed by atoms with Crippen LogP contribution >= 0.6 is 0 Å². The fraction of sp³-hybridized carbons (Fsp3) is 0.250. The molecular weight excluding hydrogens is 378 g/mol. The topological polar surface area (TPSA) is 63.6 Å². The molecule has 0 radical (unpaired) electrons. The van der Waals surface area contributed by atoms with E-state index in [1.54, 1.807) is 14.1 Å². The van der Waals surface area contributed by atoms with Crippen molar-refractivity contribution in [3.05, 3.63) is 84.2 Å². The number of nitrogens with one attached hydrogen (secondary N) is 1. The first-order chi connectivity index (χ1) is 14.5. The van der Waals surface area contributed by atoms with Crippen molar-refractivity contribution in [1.29, 1.82) is 0 Å². The van der Waals surface area contributed by atoms with Gasteiger partial charge < -0.3 is 19.5 Å². The van der Waals surface area contributed by atoms with Crippen LogP contribution in [-0.4, -0.2) is 42.0 Å². The fourth-order valence-corrected chi connectivity index (χ4v) is 3.10. The number of nitrogens with zero attached hydrogens (tertiary/aromatic N) is 2. The van der Waals surface area contributed by atoms with E-state index in [0.717, 1.165) is 11.3 Å². The molecule has 30 heavy (non-hydrogen) atoms. The van der Waals surface area contributed by atoms with Gasteiger partial charge in [-0.25, -0.2) is 0 Å². The first-order valence-electron chi connectivity index (χ1n) is 9.95. The van der Waals surface area contributed by atoms with Gasteiger partial charge in [-0.05, 0) is 48.9 Å². The second-order valence-electron chi connectivity index (χ2n) is 7.19. The van der Waals surface area contributed by atoms with E-state index in [1.165, 1.54) is 4.90 Å². The Morgan fingerprint density at radius 1 is 1.00 bits per heavy atom. The van der Waals surface area contributed by atoms with Crippen molar-refractivity contribution in [1.82, 2.24) is 14.8 Å². The number of para-hydroxylation sites is 1. The smallest absolute Gasteiger partial charge is 0.259 e. The predicted octanol–water partition coefficient (Wildman–Crippen LogP) is 3.83. The van der Waals surface area contributed by atoms with E-state index in [4.69, 9.17) is 4.74 Å². The van der Waals surface area contributed by atoms with E-state index < -0.39 is 0 Å². The molecule has 1 atom stereocenters. The van der Waals surface area contributed by atoms with Gasteiger partial charge in [0.05, 0.1) is 6.04 Å². The third-order valence-electron chi connectivity index (χ3n) is 4.89. The number of ether oxygens (including phenoxy) is 1. The molecule has 3 aromatic rings. The lowest BCUT2D eigenvalue weighted by atomic mass is 10.0. The summed E-state index contributed by atoms with van der Waals surface area (Å²) in [6.07, 6.45) is 4.61. The molecule has 6 nitrogen and oxygen atoms in total. The number of hydrogen-bond donors (Lipinski definition) is 1. The van der Waals surface area contributed by atoms with Gasteiger partial charge in [-0.3, -0.25) is 9.59 Å². The molecule has 2 amide bonds. The van der Waals surface area contributed by atoms with Gasteiger partial charge in [0.1, 0.15) is 5.75 Å². The molecule has 0 spiro atoms. The first-order valence-corrected chi connectivity index (χ1v) is 9.95. The van der Waals surface area contributed by atoms with Crippen molar-refractivity contribution in [2.24, 2.45) is 0 Å². The second-order valence-corrected chi connectivity index (χ2v) is 7.19. The molecule has 0 fully saturated rings. The van der Waals surface area contributed by atoms with Crippen molar-refractivity contribution in [2.45, 2.75) is 19.4 Å². The largest absolute Gasteiger partial charge is 0.483 e. The van der Waals surface area contributed by atoms with E-state index in [-0.39, 0.29) is 24.5 Å². The lowest BCUT2D eigenvalue weighted by Gasteiger charge is -2.21. The molecule has 1 heterocycles. The van der Waals surface area contributed by atoms with Crippen LogP contribution < -0.4 is 10.1 Å². The number of likely N-dealkylation sites (N-methyl/N-ethyl adjacent to an activating group) is 1. The van der Waals surface area contributed by atoms with E-state index in [2.05, 4.69) is 5.32 Å². The van der Waals surface area contributed by atoms with Crippen LogP contribution in [0.15, 0.2) is 73.1 Å². The lowest BCUT2D eigenvalue weighted by molar-refractivity contribution is -0.130. The summed E-state index contributed by atoms with van der Waals surface area (Å²) in [5.41, 5.74) is 2.43. The Balaban J connectivity index is 1.72. The Morgan fingerprint density at radius 2 is 1.67 bits per heavy atom. The number of benzene rings is 2. The van der Waals surface area contributed by atoms with Crippen molar-refractivity contribution in [3.8, 4) is 11.4 Å². The van der Waals surface area contributed by atoms with Crippen molar-refractivity contribution >= 4 is 11.8 Å². The maximum absolute atomic E-state index is 12.8. The molecule has 0 saturated heterocycles. The third kappa shape index (κ3) is 5.08. The van der Waals surface area contributed by atoms with E-state index in [9.17, 15) is 9.59 Å². The fourth-order valence-electron chi connectivity index (χ4n) is 3.10. The standard InChI is InChI=1S/C24H27N3O3/c1-4-21(20-9-5-6-10-22(20)30-17-23(28)26(2)3)25-24(29)18-11-13-19(14-12-18)27-15-7-8-16-27/h5-16,21H,4,17H2,1-3H3,(H,25,29). The average molecular weight is 405 g/mol. The van der Waals surface area contributed by atoms with Crippen LogP contribution in [0.2, 0.25) is 0 Å². The number of amides is 2. The van der Waals surface area contributed by atoms with Gasteiger partial charge >= 0.3 is 0 Å². The van der Waals surface area contributed by atoms with E-state index in [1.807, 2.05) is 84.5 Å². The minimum Gasteiger partial charge on any atom is -0.483 e. The Bertz CT molecular complexity index is 979. The Kier molecular flexibility index (Phi) is 6.91. The molecule has 0 aliphatic rings. The quantitative estimate of drug-likeness (QED) is 0.620. The number of carbonyl (C=O) groups excluding carboxylic acids is 2. The van der Waals surface area contributed by atoms with Crippen molar-refractivity contribution in [3.63, 3.8) is 0 Å². The minimum absolute atomic E-state index is 0.0464. The summed E-state index contributed by atoms with van der Waals surface area (Å²) in [6, 6.07) is 18.6. The lowest BCUT2D eigenvalue weighted by Crippen LogP contribution is -2.30. The van der Waals surface area contributed by atoms with Crippen LogP contribution in [0.25, 0.3) is 5.69 Å². The zero-order valence-corrected chi connectivity index (χ0v) is 17.5. The summed E-state index contributed by atoms with van der Waals surface area (Å²) in [6.45, 7) is 1.96. The number of carbonyl (C=O) groups is 2. The number of aromatic nitrogens is 1. The molecule has 1 unspecified atom stereocenters. The first kappa shape index (κ1) is 21.2. The predicted molar refractivity (Wildman–Crippen MR) is 117 cm³/mol. The third-order valence-corrected chi connectivity index (χ3v) is 4.89. The highest BCUT2D eigenvalue weighted by Gasteiger charge is 2.18. The molecule has 156 valence electrons. The van der Waals surface area contributed by atoms with Gasteiger partial charge in [-0.15, -0.1) is 0 Å². The van der Waals surface area contributed by atoms with Gasteiger partial charge in [-0.2, -0.15) is 0 Å². The van der Waals surface area contributed by atoms with Crippen molar-refractivity contribution < 1.29 is 14.3 Å². The molecule has 6 heteroatoms. The Hall–Kier alpha value is -3.54. The summed E-state index contributed by atoms with van der Waals surface area (Å²) >= 11 is 0. The Labute approximate surface area is 177 Å². The molecule has 0 aliphatic carbocycles. The average Bonchev–Trinajstić information content (AvgIpc) is 3.31. The molecule has 0 bridgehead atoms.